The second-order valence-corrected chi connectivity index (χ2v) is 5.46. The number of allylic oxidation sites excluding steroid dienone is 1. The number of amides is 1. The number of benzene rings is 1. The molecule has 0 saturated carbocycles. The number of carbonyl (C=O) groups excluding carboxylic acids is 1. The van der Waals surface area contributed by atoms with E-state index in [4.69, 9.17) is 9.68 Å². The van der Waals surface area contributed by atoms with Gasteiger partial charge in [-0.05, 0) is 43.7 Å². The minimum absolute atomic E-state index is 0.0389. The predicted octanol–water partition coefficient (Wildman–Crippen LogP) is 3.19. The summed E-state index contributed by atoms with van der Waals surface area (Å²) >= 11 is 0. The lowest BCUT2D eigenvalue weighted by atomic mass is 10.1. The van der Waals surface area contributed by atoms with E-state index >= 15 is 0 Å². The van der Waals surface area contributed by atoms with Crippen LogP contribution < -0.4 is 9.57 Å². The van der Waals surface area contributed by atoms with Gasteiger partial charge in [0.25, 0.3) is 5.88 Å². The summed E-state index contributed by atoms with van der Waals surface area (Å²) < 4.78 is 30.2. The monoisotopic (exact) mass is 394 g/mol. The second-order valence-electron chi connectivity index (χ2n) is 5.46. The molecule has 0 aliphatic carbocycles. The summed E-state index contributed by atoms with van der Waals surface area (Å²) in [6, 6.07) is 7.45. The Hall–Kier alpha value is -3.43. The maximum Gasteiger partial charge on any atom is 0.387 e. The molecule has 0 radical (unpaired) electrons. The molecule has 1 aromatic heterocycles. The summed E-state index contributed by atoms with van der Waals surface area (Å²) in [7, 11) is 2.77. The van der Waals surface area contributed by atoms with Gasteiger partial charge in [-0.1, -0.05) is 11.2 Å². The first kappa shape index (κ1) is 20.9. The number of halogens is 2. The number of alkyl halides is 2. The summed E-state index contributed by atoms with van der Waals surface area (Å²) in [5.74, 6) is -0.323. The summed E-state index contributed by atoms with van der Waals surface area (Å²) in [6.45, 7) is 0.606. The highest BCUT2D eigenvalue weighted by Gasteiger charge is 2.21. The van der Waals surface area contributed by atoms with Crippen LogP contribution in [0.5, 0.6) is 11.6 Å². The van der Waals surface area contributed by atoms with E-state index in [0.717, 1.165) is 5.06 Å². The largest absolute Gasteiger partial charge is 0.435 e. The highest BCUT2D eigenvalue weighted by molar-refractivity contribution is 6.44. The average molecular weight is 394 g/mol. The minimum Gasteiger partial charge on any atom is -0.435 e. The molecule has 0 N–H and O–H groups in total. The van der Waals surface area contributed by atoms with Crippen molar-refractivity contribution in [1.82, 2.24) is 14.8 Å². The van der Waals surface area contributed by atoms with Gasteiger partial charge in [0.05, 0.1) is 5.69 Å². The van der Waals surface area contributed by atoms with Crippen LogP contribution in [-0.4, -0.2) is 47.2 Å². The first-order valence-electron chi connectivity index (χ1n) is 8.17. The van der Waals surface area contributed by atoms with Crippen LogP contribution in [0.3, 0.4) is 0 Å². The molecule has 0 fully saturated rings. The normalized spacial score (nSPS) is 12.1. The van der Waals surface area contributed by atoms with Crippen molar-refractivity contribution in [3.8, 4) is 17.3 Å². The number of nitrogens with zero attached hydrogens (tertiary/aromatic N) is 4. The van der Waals surface area contributed by atoms with Crippen LogP contribution in [0.4, 0.5) is 8.78 Å². The van der Waals surface area contributed by atoms with Crippen molar-refractivity contribution in [1.29, 1.82) is 0 Å². The molecule has 1 amide bonds. The Bertz CT molecular complexity index is 863. The smallest absolute Gasteiger partial charge is 0.387 e. The number of ether oxygens (including phenoxy) is 1. The molecule has 10 heteroatoms. The molecule has 0 aliphatic heterocycles. The van der Waals surface area contributed by atoms with Crippen LogP contribution in [0.15, 0.2) is 53.3 Å². The Labute approximate surface area is 160 Å². The van der Waals surface area contributed by atoms with Gasteiger partial charge in [0.2, 0.25) is 0 Å². The molecule has 0 aliphatic rings. The number of aromatic nitrogens is 2. The van der Waals surface area contributed by atoms with Gasteiger partial charge in [0.1, 0.15) is 12.9 Å². The number of carbonyl (C=O) groups is 1. The Morgan fingerprint density at radius 1 is 1.29 bits per heavy atom. The third kappa shape index (κ3) is 5.29. The van der Waals surface area contributed by atoms with E-state index in [0.29, 0.717) is 11.3 Å². The van der Waals surface area contributed by atoms with E-state index in [1.165, 1.54) is 31.0 Å². The Kier molecular flexibility index (Phi) is 7.08. The molecular formula is C18H20F2N4O4. The average Bonchev–Trinajstić information content (AvgIpc) is 3.13. The fourth-order valence-corrected chi connectivity index (χ4v) is 2.12. The Balaban J connectivity index is 2.09. The molecule has 2 aromatic rings. The van der Waals surface area contributed by atoms with Crippen LogP contribution in [0.2, 0.25) is 0 Å². The molecule has 0 atom stereocenters. The molecule has 0 spiro atoms. The minimum atomic E-state index is -2.89. The first-order valence-corrected chi connectivity index (χ1v) is 8.17. The van der Waals surface area contributed by atoms with Crippen LogP contribution in [0.1, 0.15) is 13.8 Å². The van der Waals surface area contributed by atoms with Crippen LogP contribution in [0, 0.1) is 0 Å². The van der Waals surface area contributed by atoms with Crippen molar-refractivity contribution in [3.63, 3.8) is 0 Å². The third-order valence-electron chi connectivity index (χ3n) is 3.60. The molecule has 1 heterocycles. The van der Waals surface area contributed by atoms with Crippen molar-refractivity contribution >= 4 is 11.6 Å². The highest BCUT2D eigenvalue weighted by Crippen LogP contribution is 2.18. The summed E-state index contributed by atoms with van der Waals surface area (Å²) in [5, 5.41) is 8.90. The van der Waals surface area contributed by atoms with E-state index in [2.05, 4.69) is 15.0 Å². The standard InChI is InChI=1S/C18H20F2N4O4/c1-5-12(2)16(22-26-4)17(25)23(3)28-15-10-11-24(21-15)13-6-8-14(9-7-13)27-18(19)20/h5-11,18H,1-4H3. The maximum absolute atomic E-state index is 12.5. The van der Waals surface area contributed by atoms with Gasteiger partial charge in [-0.2, -0.15) is 13.8 Å². The van der Waals surface area contributed by atoms with Crippen molar-refractivity contribution in [3.05, 3.63) is 48.2 Å². The van der Waals surface area contributed by atoms with Crippen molar-refractivity contribution in [2.24, 2.45) is 5.16 Å². The molecule has 2 rings (SSSR count). The zero-order valence-corrected chi connectivity index (χ0v) is 15.8. The lowest BCUT2D eigenvalue weighted by Gasteiger charge is -2.16. The summed E-state index contributed by atoms with van der Waals surface area (Å²) in [4.78, 5) is 22.6. The number of oxime groups is 1. The number of hydrogen-bond donors (Lipinski definition) is 0. The van der Waals surface area contributed by atoms with Gasteiger partial charge in [0.15, 0.2) is 5.71 Å². The van der Waals surface area contributed by atoms with Crippen molar-refractivity contribution in [2.75, 3.05) is 14.2 Å². The van der Waals surface area contributed by atoms with Gasteiger partial charge in [0, 0.05) is 19.3 Å². The zero-order valence-electron chi connectivity index (χ0n) is 15.8. The Morgan fingerprint density at radius 2 is 1.96 bits per heavy atom. The van der Waals surface area contributed by atoms with E-state index in [-0.39, 0.29) is 17.3 Å². The zero-order chi connectivity index (χ0) is 20.7. The predicted molar refractivity (Wildman–Crippen MR) is 97.5 cm³/mol. The van der Waals surface area contributed by atoms with E-state index in [1.807, 2.05) is 0 Å². The van der Waals surface area contributed by atoms with Crippen LogP contribution in [0.25, 0.3) is 5.69 Å². The molecule has 1 aromatic carbocycles. The first-order chi connectivity index (χ1) is 13.3. The lowest BCUT2D eigenvalue weighted by molar-refractivity contribution is -0.145. The van der Waals surface area contributed by atoms with Gasteiger partial charge in [-0.15, -0.1) is 5.10 Å². The molecule has 0 bridgehead atoms. The van der Waals surface area contributed by atoms with E-state index in [1.54, 1.807) is 44.3 Å². The highest BCUT2D eigenvalue weighted by atomic mass is 19.3. The van der Waals surface area contributed by atoms with Gasteiger partial charge < -0.3 is 14.4 Å². The number of hydroxylamine groups is 2. The summed E-state index contributed by atoms with van der Waals surface area (Å²) in [6.07, 6.45) is 3.32. The SMILES string of the molecule is CC=C(C)C(=NOC)C(=O)N(C)Oc1ccn(-c2ccc(OC(F)F)cc2)n1. The topological polar surface area (TPSA) is 78.2 Å². The molecular weight excluding hydrogens is 374 g/mol. The summed E-state index contributed by atoms with van der Waals surface area (Å²) in [5.41, 5.74) is 1.32. The maximum atomic E-state index is 12.5. The molecule has 28 heavy (non-hydrogen) atoms. The van der Waals surface area contributed by atoms with Gasteiger partial charge >= 0.3 is 12.5 Å². The second kappa shape index (κ2) is 9.49. The third-order valence-corrected chi connectivity index (χ3v) is 3.60. The van der Waals surface area contributed by atoms with Crippen molar-refractivity contribution in [2.45, 2.75) is 20.5 Å². The fourth-order valence-electron chi connectivity index (χ4n) is 2.12. The van der Waals surface area contributed by atoms with Gasteiger partial charge in [-0.25, -0.2) is 4.68 Å². The lowest BCUT2D eigenvalue weighted by Crippen LogP contribution is -2.36. The van der Waals surface area contributed by atoms with Crippen LogP contribution >= 0.6 is 0 Å². The molecule has 150 valence electrons. The molecule has 0 saturated heterocycles. The van der Waals surface area contributed by atoms with Crippen LogP contribution in [-0.2, 0) is 9.63 Å². The Morgan fingerprint density at radius 3 is 2.54 bits per heavy atom. The quantitative estimate of drug-likeness (QED) is 0.508. The number of hydrogen-bond acceptors (Lipinski definition) is 6. The molecule has 0 unspecified atom stereocenters. The van der Waals surface area contributed by atoms with Gasteiger partial charge in [-0.3, -0.25) is 4.79 Å². The van der Waals surface area contributed by atoms with E-state index < -0.39 is 12.5 Å². The molecule has 8 nitrogen and oxygen atoms in total. The fraction of sp³-hybridized carbons (Fsp3) is 0.278. The van der Waals surface area contributed by atoms with Crippen molar-refractivity contribution < 1.29 is 28.0 Å². The number of rotatable bonds is 8. The van der Waals surface area contributed by atoms with E-state index in [9.17, 15) is 13.6 Å².